The van der Waals surface area contributed by atoms with Crippen molar-refractivity contribution >= 4 is 17.6 Å². The summed E-state index contributed by atoms with van der Waals surface area (Å²) in [6.07, 6.45) is 0.630. The first kappa shape index (κ1) is 22.5. The number of nitrogens with zero attached hydrogens (tertiary/aromatic N) is 1. The number of hydrogen-bond acceptors (Lipinski definition) is 7. The van der Waals surface area contributed by atoms with Crippen LogP contribution in [0.25, 0.3) is 11.4 Å². The number of amides is 1. The van der Waals surface area contributed by atoms with Crippen LogP contribution in [0.4, 0.5) is 5.69 Å². The highest BCUT2D eigenvalue weighted by atomic mass is 16.6. The Labute approximate surface area is 184 Å². The molecule has 0 unspecified atom stereocenters. The van der Waals surface area contributed by atoms with Crippen molar-refractivity contribution in [2.75, 3.05) is 26.1 Å². The van der Waals surface area contributed by atoms with Gasteiger partial charge in [0, 0.05) is 28.6 Å². The average molecular weight is 437 g/mol. The number of methoxy groups -OCH3 is 2. The van der Waals surface area contributed by atoms with Crippen molar-refractivity contribution in [1.29, 1.82) is 0 Å². The molecule has 3 aromatic rings. The zero-order valence-corrected chi connectivity index (χ0v) is 17.9. The van der Waals surface area contributed by atoms with Crippen LogP contribution in [0.3, 0.4) is 0 Å². The molecule has 0 bridgehead atoms. The normalized spacial score (nSPS) is 10.3. The number of hydrogen-bond donors (Lipinski definition) is 2. The number of nitrogens with one attached hydrogen (secondary N) is 2. The first-order valence-electron chi connectivity index (χ1n) is 9.83. The summed E-state index contributed by atoms with van der Waals surface area (Å²) in [6, 6.07) is 13.1. The van der Waals surface area contributed by atoms with Crippen molar-refractivity contribution in [3.63, 3.8) is 0 Å². The van der Waals surface area contributed by atoms with Crippen molar-refractivity contribution in [3.05, 3.63) is 70.1 Å². The fourth-order valence-electron chi connectivity index (χ4n) is 2.90. The molecule has 2 aromatic carbocycles. The van der Waals surface area contributed by atoms with E-state index in [2.05, 4.69) is 20.0 Å². The molecule has 0 spiro atoms. The quantitative estimate of drug-likeness (QED) is 0.520. The third-order valence-corrected chi connectivity index (χ3v) is 4.55. The van der Waals surface area contributed by atoms with Gasteiger partial charge in [0.1, 0.15) is 5.82 Å². The number of aryl methyl sites for hydroxylation is 1. The zero-order valence-electron chi connectivity index (χ0n) is 17.9. The lowest BCUT2D eigenvalue weighted by molar-refractivity contribution is -0.142. The largest absolute Gasteiger partial charge is 0.493 e. The minimum absolute atomic E-state index is 0.234. The van der Waals surface area contributed by atoms with Crippen molar-refractivity contribution in [2.24, 2.45) is 0 Å². The third-order valence-electron chi connectivity index (χ3n) is 4.55. The van der Waals surface area contributed by atoms with Crippen LogP contribution in [-0.4, -0.2) is 42.7 Å². The number of esters is 1. The number of ether oxygens (including phenoxy) is 3. The molecular weight excluding hydrogens is 414 g/mol. The van der Waals surface area contributed by atoms with Crippen molar-refractivity contribution < 1.29 is 23.8 Å². The van der Waals surface area contributed by atoms with E-state index >= 15 is 0 Å². The van der Waals surface area contributed by atoms with Crippen LogP contribution in [0.5, 0.6) is 11.5 Å². The van der Waals surface area contributed by atoms with Crippen LogP contribution < -0.4 is 20.3 Å². The molecule has 1 amide bonds. The Morgan fingerprint density at radius 1 is 1.06 bits per heavy atom. The van der Waals surface area contributed by atoms with Crippen LogP contribution in [-0.2, 0) is 16.0 Å². The van der Waals surface area contributed by atoms with Crippen LogP contribution in [0, 0.1) is 0 Å². The van der Waals surface area contributed by atoms with E-state index < -0.39 is 11.9 Å². The van der Waals surface area contributed by atoms with Crippen molar-refractivity contribution in [3.8, 4) is 22.9 Å². The van der Waals surface area contributed by atoms with Crippen molar-refractivity contribution in [2.45, 2.75) is 13.3 Å². The van der Waals surface area contributed by atoms with E-state index in [0.29, 0.717) is 40.5 Å². The molecule has 0 aliphatic rings. The number of H-pyrrole nitrogens is 1. The highest BCUT2D eigenvalue weighted by Crippen LogP contribution is 2.28. The van der Waals surface area contributed by atoms with Crippen LogP contribution in [0.15, 0.2) is 53.3 Å². The molecule has 166 valence electrons. The second-order valence-electron chi connectivity index (χ2n) is 6.70. The first-order valence-corrected chi connectivity index (χ1v) is 9.83. The first-order chi connectivity index (χ1) is 15.4. The molecular formula is C23H23N3O6. The van der Waals surface area contributed by atoms with Gasteiger partial charge in [-0.15, -0.1) is 0 Å². The minimum atomic E-state index is -0.558. The fourth-order valence-corrected chi connectivity index (χ4v) is 2.90. The molecule has 1 aromatic heterocycles. The predicted octanol–water partition coefficient (Wildman–Crippen LogP) is 2.81. The summed E-state index contributed by atoms with van der Waals surface area (Å²) in [7, 11) is 2.71. The fraction of sp³-hybridized carbons (Fsp3) is 0.217. The number of anilines is 1. The summed E-state index contributed by atoms with van der Waals surface area (Å²) >= 11 is 0. The summed E-state index contributed by atoms with van der Waals surface area (Å²) in [6.45, 7) is 1.60. The Morgan fingerprint density at radius 3 is 2.59 bits per heavy atom. The third kappa shape index (κ3) is 5.51. The smallest absolute Gasteiger partial charge is 0.343 e. The van der Waals surface area contributed by atoms with Gasteiger partial charge in [-0.1, -0.05) is 19.1 Å². The highest BCUT2D eigenvalue weighted by molar-refractivity contribution is 6.04. The Balaban J connectivity index is 1.82. The van der Waals surface area contributed by atoms with Gasteiger partial charge in [0.15, 0.2) is 18.1 Å². The molecule has 9 heteroatoms. The van der Waals surface area contributed by atoms with E-state index in [1.54, 1.807) is 36.4 Å². The van der Waals surface area contributed by atoms with Gasteiger partial charge in [0.25, 0.3) is 11.5 Å². The summed E-state index contributed by atoms with van der Waals surface area (Å²) in [5, 5.41) is 2.81. The maximum Gasteiger partial charge on any atom is 0.343 e. The van der Waals surface area contributed by atoms with Crippen LogP contribution >= 0.6 is 0 Å². The molecule has 0 fully saturated rings. The summed E-state index contributed by atoms with van der Waals surface area (Å²) in [5.41, 5.74) is 1.92. The molecule has 1 heterocycles. The number of carbonyl (C=O) groups is 2. The minimum Gasteiger partial charge on any atom is -0.493 e. The van der Waals surface area contributed by atoms with Gasteiger partial charge in [-0.3, -0.25) is 9.59 Å². The SMILES string of the molecule is CCc1cc(=O)[nH]c(-c2cccc(NC(=O)c3ccc(OC)c(OCC(=O)OC)c3)c2)n1. The maximum atomic E-state index is 12.8. The molecule has 0 radical (unpaired) electrons. The number of carbonyl (C=O) groups excluding carboxylic acids is 2. The van der Waals surface area contributed by atoms with E-state index in [0.717, 1.165) is 0 Å². The molecule has 2 N–H and O–H groups in total. The van der Waals surface area contributed by atoms with E-state index in [9.17, 15) is 14.4 Å². The van der Waals surface area contributed by atoms with Crippen LogP contribution in [0.1, 0.15) is 23.0 Å². The van der Waals surface area contributed by atoms with Gasteiger partial charge in [0.05, 0.1) is 14.2 Å². The van der Waals surface area contributed by atoms with E-state index in [1.807, 2.05) is 6.92 Å². The Hall–Kier alpha value is -4.14. The van der Waals surface area contributed by atoms with Gasteiger partial charge in [-0.05, 0) is 36.8 Å². The molecule has 0 saturated carbocycles. The number of aromatic nitrogens is 2. The highest BCUT2D eigenvalue weighted by Gasteiger charge is 2.14. The lowest BCUT2D eigenvalue weighted by Crippen LogP contribution is -2.15. The van der Waals surface area contributed by atoms with E-state index in [-0.39, 0.29) is 17.9 Å². The number of rotatable bonds is 8. The summed E-state index contributed by atoms with van der Waals surface area (Å²) in [4.78, 5) is 43.2. The molecule has 0 aliphatic heterocycles. The van der Waals surface area contributed by atoms with E-state index in [1.165, 1.54) is 26.4 Å². The average Bonchev–Trinajstić information content (AvgIpc) is 2.81. The maximum absolute atomic E-state index is 12.8. The van der Waals surface area contributed by atoms with Gasteiger partial charge >= 0.3 is 5.97 Å². The molecule has 0 saturated heterocycles. The lowest BCUT2D eigenvalue weighted by atomic mass is 10.1. The van der Waals surface area contributed by atoms with Crippen LogP contribution in [0.2, 0.25) is 0 Å². The molecule has 32 heavy (non-hydrogen) atoms. The molecule has 0 aliphatic carbocycles. The predicted molar refractivity (Wildman–Crippen MR) is 118 cm³/mol. The second kappa shape index (κ2) is 10.3. The lowest BCUT2D eigenvalue weighted by Gasteiger charge is -2.12. The standard InChI is InChI=1S/C23H23N3O6/c1-4-16-12-20(27)26-22(24-16)14-6-5-7-17(10-14)25-23(29)15-8-9-18(30-2)19(11-15)32-13-21(28)31-3/h5-12H,4,13H2,1-3H3,(H,25,29)(H,24,26,27). The van der Waals surface area contributed by atoms with Gasteiger partial charge in [0.2, 0.25) is 0 Å². The second-order valence-corrected chi connectivity index (χ2v) is 6.70. The van der Waals surface area contributed by atoms with E-state index in [4.69, 9.17) is 9.47 Å². The van der Waals surface area contributed by atoms with Crippen molar-refractivity contribution in [1.82, 2.24) is 9.97 Å². The number of aromatic amines is 1. The zero-order chi connectivity index (χ0) is 23.1. The number of benzene rings is 2. The Kier molecular flexibility index (Phi) is 7.22. The summed E-state index contributed by atoms with van der Waals surface area (Å²) in [5.74, 6) is 0.0816. The van der Waals surface area contributed by atoms with Gasteiger partial charge in [-0.25, -0.2) is 9.78 Å². The molecule has 3 rings (SSSR count). The van der Waals surface area contributed by atoms with Gasteiger partial charge < -0.3 is 24.5 Å². The molecule has 9 nitrogen and oxygen atoms in total. The van der Waals surface area contributed by atoms with Gasteiger partial charge in [-0.2, -0.15) is 0 Å². The monoisotopic (exact) mass is 437 g/mol. The molecule has 0 atom stereocenters. The Bertz CT molecular complexity index is 1190. The summed E-state index contributed by atoms with van der Waals surface area (Å²) < 4.78 is 15.2. The Morgan fingerprint density at radius 2 is 1.88 bits per heavy atom. The topological polar surface area (TPSA) is 120 Å².